The molecule has 26 heavy (non-hydrogen) atoms. The molecular weight excluding hydrogens is 328 g/mol. The van der Waals surface area contributed by atoms with Crippen LogP contribution >= 0.6 is 0 Å². The molecule has 0 saturated carbocycles. The van der Waals surface area contributed by atoms with Gasteiger partial charge in [0.1, 0.15) is 5.75 Å². The maximum atomic E-state index is 12.0. The molecule has 3 aromatic rings. The number of aromatic nitrogens is 1. The fraction of sp³-hybridized carbons (Fsp3) is 0.238. The van der Waals surface area contributed by atoms with E-state index in [0.717, 1.165) is 21.9 Å². The lowest BCUT2D eigenvalue weighted by Crippen LogP contribution is -2.40. The molecule has 1 heterocycles. The molecule has 1 aromatic heterocycles. The van der Waals surface area contributed by atoms with E-state index in [1.807, 2.05) is 44.2 Å². The van der Waals surface area contributed by atoms with Crippen LogP contribution in [0.15, 0.2) is 59.5 Å². The molecule has 5 heteroatoms. The van der Waals surface area contributed by atoms with Gasteiger partial charge in [0.05, 0.1) is 0 Å². The van der Waals surface area contributed by atoms with E-state index in [1.54, 1.807) is 19.2 Å². The van der Waals surface area contributed by atoms with Gasteiger partial charge in [-0.3, -0.25) is 9.59 Å². The highest BCUT2D eigenvalue weighted by Crippen LogP contribution is 2.26. The average Bonchev–Trinajstić information content (AvgIpc) is 2.61. The Hall–Kier alpha value is -3.08. The molecule has 0 bridgehead atoms. The number of aromatic amines is 1. The van der Waals surface area contributed by atoms with Crippen molar-refractivity contribution >= 4 is 16.7 Å². The van der Waals surface area contributed by atoms with Gasteiger partial charge >= 0.3 is 0 Å². The molecule has 134 valence electrons. The predicted molar refractivity (Wildman–Crippen MR) is 103 cm³/mol. The van der Waals surface area contributed by atoms with Crippen molar-refractivity contribution in [2.45, 2.75) is 32.9 Å². The number of fused-ring (bicyclic) bond motifs is 1. The Morgan fingerprint density at radius 1 is 0.962 bits per heavy atom. The molecular formula is C21H22N2O3. The van der Waals surface area contributed by atoms with E-state index >= 15 is 0 Å². The first-order valence-electron chi connectivity index (χ1n) is 8.62. The van der Waals surface area contributed by atoms with Crippen molar-refractivity contribution in [3.05, 3.63) is 65.1 Å². The molecule has 0 aliphatic rings. The Balaban J connectivity index is 1.81. The number of pyridine rings is 1. The first-order chi connectivity index (χ1) is 12.4. The lowest BCUT2D eigenvalue weighted by molar-refractivity contribution is -0.127. The highest BCUT2D eigenvalue weighted by atomic mass is 16.5. The van der Waals surface area contributed by atoms with Crippen molar-refractivity contribution in [3.63, 3.8) is 0 Å². The summed E-state index contributed by atoms with van der Waals surface area (Å²) in [4.78, 5) is 25.9. The zero-order chi connectivity index (χ0) is 18.7. The quantitative estimate of drug-likeness (QED) is 0.740. The minimum atomic E-state index is -0.560. The summed E-state index contributed by atoms with van der Waals surface area (Å²) in [7, 11) is 0. The maximum absolute atomic E-state index is 12.0. The molecule has 0 fully saturated rings. The third kappa shape index (κ3) is 4.11. The van der Waals surface area contributed by atoms with E-state index < -0.39 is 6.10 Å². The molecule has 2 N–H and O–H groups in total. The largest absolute Gasteiger partial charge is 0.481 e. The fourth-order valence-corrected chi connectivity index (χ4v) is 2.73. The Kier molecular flexibility index (Phi) is 5.07. The van der Waals surface area contributed by atoms with Crippen LogP contribution in [0.1, 0.15) is 20.8 Å². The van der Waals surface area contributed by atoms with Crippen LogP contribution in [0.4, 0.5) is 0 Å². The third-order valence-corrected chi connectivity index (χ3v) is 4.04. The lowest BCUT2D eigenvalue weighted by atomic mass is 10.0. The molecule has 0 aliphatic carbocycles. The topological polar surface area (TPSA) is 71.2 Å². The number of carbonyl (C=O) groups excluding carboxylic acids is 1. The summed E-state index contributed by atoms with van der Waals surface area (Å²) in [5.41, 5.74) is 1.85. The molecule has 0 radical (unpaired) electrons. The smallest absolute Gasteiger partial charge is 0.260 e. The number of hydrogen-bond donors (Lipinski definition) is 2. The van der Waals surface area contributed by atoms with E-state index in [9.17, 15) is 9.59 Å². The second kappa shape index (κ2) is 7.44. The third-order valence-electron chi connectivity index (χ3n) is 4.04. The minimum absolute atomic E-state index is 0.0801. The van der Waals surface area contributed by atoms with Crippen LogP contribution in [-0.4, -0.2) is 23.0 Å². The van der Waals surface area contributed by atoms with E-state index in [4.69, 9.17) is 4.74 Å². The number of carbonyl (C=O) groups is 1. The summed E-state index contributed by atoms with van der Waals surface area (Å²) >= 11 is 0. The fourth-order valence-electron chi connectivity index (χ4n) is 2.73. The van der Waals surface area contributed by atoms with Crippen molar-refractivity contribution < 1.29 is 9.53 Å². The highest BCUT2D eigenvalue weighted by Gasteiger charge is 2.15. The molecule has 0 saturated heterocycles. The number of amides is 1. The van der Waals surface area contributed by atoms with Crippen molar-refractivity contribution in [2.24, 2.45) is 0 Å². The maximum Gasteiger partial charge on any atom is 0.260 e. The van der Waals surface area contributed by atoms with E-state index in [-0.39, 0.29) is 17.5 Å². The average molecular weight is 350 g/mol. The first-order valence-corrected chi connectivity index (χ1v) is 8.62. The summed E-state index contributed by atoms with van der Waals surface area (Å²) in [6, 6.07) is 15.2. The Labute approximate surface area is 152 Å². The standard InChI is InChI=1S/C21H22N2O3/c1-13(2)23-21(25)14(3)26-19-8-6-15-10-16(4-5-17(15)11-19)18-7-9-20(24)22-12-18/h4-14H,1-3H3,(H,22,24)(H,23,25). The van der Waals surface area contributed by atoms with E-state index in [2.05, 4.69) is 16.4 Å². The van der Waals surface area contributed by atoms with Gasteiger partial charge in [0.25, 0.3) is 5.91 Å². The first kappa shape index (κ1) is 17.7. The second-order valence-corrected chi connectivity index (χ2v) is 6.59. The zero-order valence-electron chi connectivity index (χ0n) is 15.1. The van der Waals surface area contributed by atoms with Crippen LogP contribution in [0.25, 0.3) is 21.9 Å². The van der Waals surface area contributed by atoms with Crippen molar-refractivity contribution in [1.29, 1.82) is 0 Å². The van der Waals surface area contributed by atoms with E-state index in [0.29, 0.717) is 5.75 Å². The molecule has 0 aliphatic heterocycles. The Bertz CT molecular complexity index is 971. The Morgan fingerprint density at radius 2 is 1.65 bits per heavy atom. The number of benzene rings is 2. The van der Waals surface area contributed by atoms with Gasteiger partial charge in [0.2, 0.25) is 5.56 Å². The van der Waals surface area contributed by atoms with Gasteiger partial charge in [-0.1, -0.05) is 18.2 Å². The molecule has 1 amide bonds. The summed E-state index contributed by atoms with van der Waals surface area (Å²) < 4.78 is 5.76. The van der Waals surface area contributed by atoms with Crippen LogP contribution in [-0.2, 0) is 4.79 Å². The van der Waals surface area contributed by atoms with Crippen LogP contribution in [0.5, 0.6) is 5.75 Å². The van der Waals surface area contributed by atoms with E-state index in [1.165, 1.54) is 6.07 Å². The molecule has 1 atom stereocenters. The SMILES string of the molecule is CC(C)NC(=O)C(C)Oc1ccc2cc(-c3ccc(=O)[nH]c3)ccc2c1. The van der Waals surface area contributed by atoms with Gasteiger partial charge in [-0.2, -0.15) is 0 Å². The normalized spacial score (nSPS) is 12.2. The number of nitrogens with one attached hydrogen (secondary N) is 2. The molecule has 5 nitrogen and oxygen atoms in total. The molecule has 3 rings (SSSR count). The molecule has 1 unspecified atom stereocenters. The lowest BCUT2D eigenvalue weighted by Gasteiger charge is -2.16. The number of rotatable bonds is 5. The summed E-state index contributed by atoms with van der Waals surface area (Å²) in [6.45, 7) is 5.57. The van der Waals surface area contributed by atoms with Gasteiger partial charge in [-0.05, 0) is 66.9 Å². The number of hydrogen-bond acceptors (Lipinski definition) is 3. The summed E-state index contributed by atoms with van der Waals surface area (Å²) in [5.74, 6) is 0.522. The second-order valence-electron chi connectivity index (χ2n) is 6.59. The van der Waals surface area contributed by atoms with Gasteiger partial charge in [-0.15, -0.1) is 0 Å². The zero-order valence-corrected chi connectivity index (χ0v) is 15.1. The summed E-state index contributed by atoms with van der Waals surface area (Å²) in [6.07, 6.45) is 1.14. The predicted octanol–water partition coefficient (Wildman–Crippen LogP) is 3.49. The van der Waals surface area contributed by atoms with Crippen molar-refractivity contribution in [1.82, 2.24) is 10.3 Å². The van der Waals surface area contributed by atoms with Crippen LogP contribution in [0.3, 0.4) is 0 Å². The van der Waals surface area contributed by atoms with Crippen LogP contribution < -0.4 is 15.6 Å². The van der Waals surface area contributed by atoms with Crippen LogP contribution in [0, 0.1) is 0 Å². The Morgan fingerprint density at radius 3 is 2.35 bits per heavy atom. The van der Waals surface area contributed by atoms with Gasteiger partial charge in [0, 0.05) is 18.3 Å². The van der Waals surface area contributed by atoms with Gasteiger partial charge < -0.3 is 15.0 Å². The van der Waals surface area contributed by atoms with Crippen molar-refractivity contribution in [3.8, 4) is 16.9 Å². The molecule has 0 spiro atoms. The van der Waals surface area contributed by atoms with Gasteiger partial charge in [-0.25, -0.2) is 0 Å². The van der Waals surface area contributed by atoms with Crippen LogP contribution in [0.2, 0.25) is 0 Å². The highest BCUT2D eigenvalue weighted by molar-refractivity contribution is 5.88. The summed E-state index contributed by atoms with van der Waals surface area (Å²) in [5, 5.41) is 4.92. The molecule has 2 aromatic carbocycles. The minimum Gasteiger partial charge on any atom is -0.481 e. The van der Waals surface area contributed by atoms with Gasteiger partial charge in [0.15, 0.2) is 6.10 Å². The number of H-pyrrole nitrogens is 1. The monoisotopic (exact) mass is 350 g/mol. The number of ether oxygens (including phenoxy) is 1. The van der Waals surface area contributed by atoms with Crippen molar-refractivity contribution in [2.75, 3.05) is 0 Å².